The highest BCUT2D eigenvalue weighted by molar-refractivity contribution is 6.30. The van der Waals surface area contributed by atoms with Crippen molar-refractivity contribution < 1.29 is 18.4 Å². The third kappa shape index (κ3) is 4.07. The molecule has 2 aromatic carbocycles. The van der Waals surface area contributed by atoms with Crippen molar-refractivity contribution in [3.8, 4) is 17.0 Å². The summed E-state index contributed by atoms with van der Waals surface area (Å²) >= 11 is 5.94. The van der Waals surface area contributed by atoms with Gasteiger partial charge >= 0.3 is 0 Å². The molecule has 0 N–H and O–H groups in total. The topological polar surface area (TPSA) is 70.2 Å². The average molecular weight is 422 g/mol. The van der Waals surface area contributed by atoms with Gasteiger partial charge in [-0.05, 0) is 43.2 Å². The van der Waals surface area contributed by atoms with E-state index in [4.69, 9.17) is 16.3 Å². The van der Waals surface area contributed by atoms with Crippen molar-refractivity contribution in [1.29, 1.82) is 0 Å². The Labute approximate surface area is 170 Å². The van der Waals surface area contributed by atoms with Gasteiger partial charge in [0.1, 0.15) is 23.2 Å². The first-order valence-electron chi connectivity index (χ1n) is 8.68. The van der Waals surface area contributed by atoms with E-state index in [0.717, 1.165) is 5.56 Å². The highest BCUT2D eigenvalue weighted by atomic mass is 35.5. The molecule has 0 aliphatic carbocycles. The fourth-order valence-corrected chi connectivity index (χ4v) is 3.29. The van der Waals surface area contributed by atoms with Crippen molar-refractivity contribution in [2.24, 2.45) is 7.05 Å². The SMILES string of the molecule is Cc1cc(-c2nn(C)c(Cl)c2C(F)F)ccc1OCc1c(C)cccc1[N+](=O)[O-]. The lowest BCUT2D eigenvalue weighted by atomic mass is 10.0. The summed E-state index contributed by atoms with van der Waals surface area (Å²) in [7, 11) is 1.50. The number of halogens is 3. The lowest BCUT2D eigenvalue weighted by Crippen LogP contribution is -2.03. The predicted molar refractivity (Wildman–Crippen MR) is 106 cm³/mol. The Balaban J connectivity index is 1.89. The highest BCUT2D eigenvalue weighted by Gasteiger charge is 2.24. The molecular formula is C20H18ClF2N3O3. The number of hydrogen-bond acceptors (Lipinski definition) is 4. The third-order valence-electron chi connectivity index (χ3n) is 4.63. The lowest BCUT2D eigenvalue weighted by Gasteiger charge is -2.12. The number of aryl methyl sites for hydroxylation is 3. The average Bonchev–Trinajstić information content (AvgIpc) is 2.96. The highest BCUT2D eigenvalue weighted by Crippen LogP contribution is 2.37. The summed E-state index contributed by atoms with van der Waals surface area (Å²) in [5, 5.41) is 15.2. The van der Waals surface area contributed by atoms with Gasteiger partial charge in [-0.2, -0.15) is 5.10 Å². The minimum absolute atomic E-state index is 0.0102. The number of rotatable bonds is 6. The quantitative estimate of drug-likeness (QED) is 0.373. The number of nitro benzene ring substituents is 1. The first-order valence-corrected chi connectivity index (χ1v) is 9.05. The maximum atomic E-state index is 13.4. The Morgan fingerprint density at radius 1 is 1.24 bits per heavy atom. The van der Waals surface area contributed by atoms with Crippen LogP contribution in [-0.4, -0.2) is 14.7 Å². The van der Waals surface area contributed by atoms with Crippen LogP contribution in [0.3, 0.4) is 0 Å². The van der Waals surface area contributed by atoms with Crippen LogP contribution in [0.15, 0.2) is 36.4 Å². The number of alkyl halides is 2. The van der Waals surface area contributed by atoms with Crippen molar-refractivity contribution in [1.82, 2.24) is 9.78 Å². The van der Waals surface area contributed by atoms with Crippen LogP contribution in [0.25, 0.3) is 11.3 Å². The first kappa shape index (κ1) is 20.7. The van der Waals surface area contributed by atoms with E-state index in [9.17, 15) is 18.9 Å². The zero-order chi connectivity index (χ0) is 21.3. The zero-order valence-electron chi connectivity index (χ0n) is 15.9. The molecule has 0 saturated carbocycles. The standard InChI is InChI=1S/C20H18ClF2N3O3/c1-11-5-4-6-15(26(27)28)14(11)10-29-16-8-7-13(9-12(16)2)18-17(20(22)23)19(21)25(3)24-18/h4-9,20H,10H2,1-3H3. The van der Waals surface area contributed by atoms with Crippen LogP contribution in [0, 0.1) is 24.0 Å². The van der Waals surface area contributed by atoms with E-state index >= 15 is 0 Å². The molecule has 152 valence electrons. The summed E-state index contributed by atoms with van der Waals surface area (Å²) in [5.41, 5.74) is 2.17. The third-order valence-corrected chi connectivity index (χ3v) is 5.08. The molecule has 1 aromatic heterocycles. The minimum atomic E-state index is -2.76. The molecule has 9 heteroatoms. The number of benzene rings is 2. The van der Waals surface area contributed by atoms with Gasteiger partial charge in [-0.1, -0.05) is 23.7 Å². The van der Waals surface area contributed by atoms with Gasteiger partial charge in [0.25, 0.3) is 12.1 Å². The number of hydrogen-bond donors (Lipinski definition) is 0. The van der Waals surface area contributed by atoms with Crippen molar-refractivity contribution in [3.05, 3.63) is 73.9 Å². The Morgan fingerprint density at radius 3 is 2.59 bits per heavy atom. The van der Waals surface area contributed by atoms with Crippen molar-refractivity contribution in [2.75, 3.05) is 0 Å². The van der Waals surface area contributed by atoms with Crippen LogP contribution in [0.5, 0.6) is 5.75 Å². The molecule has 3 rings (SSSR count). The van der Waals surface area contributed by atoms with Crippen molar-refractivity contribution >= 4 is 17.3 Å². The van der Waals surface area contributed by atoms with Crippen molar-refractivity contribution in [3.63, 3.8) is 0 Å². The number of aromatic nitrogens is 2. The fourth-order valence-electron chi connectivity index (χ4n) is 3.08. The molecule has 3 aromatic rings. The molecule has 0 saturated heterocycles. The molecule has 0 fully saturated rings. The van der Waals surface area contributed by atoms with Gasteiger partial charge < -0.3 is 4.74 Å². The van der Waals surface area contributed by atoms with Crippen LogP contribution in [0.1, 0.15) is 28.7 Å². The molecule has 0 radical (unpaired) electrons. The monoisotopic (exact) mass is 421 g/mol. The predicted octanol–water partition coefficient (Wildman–Crippen LogP) is 5.78. The fraction of sp³-hybridized carbons (Fsp3) is 0.250. The second kappa shape index (κ2) is 8.16. The largest absolute Gasteiger partial charge is 0.488 e. The molecule has 0 amide bonds. The normalized spacial score (nSPS) is 11.1. The molecular weight excluding hydrogens is 404 g/mol. The summed E-state index contributed by atoms with van der Waals surface area (Å²) in [5.74, 6) is 0.493. The number of ether oxygens (including phenoxy) is 1. The van der Waals surface area contributed by atoms with Gasteiger partial charge in [0.15, 0.2) is 0 Å². The van der Waals surface area contributed by atoms with E-state index in [1.807, 2.05) is 0 Å². The van der Waals surface area contributed by atoms with E-state index in [2.05, 4.69) is 5.10 Å². The summed E-state index contributed by atoms with van der Waals surface area (Å²) in [6, 6.07) is 9.74. The summed E-state index contributed by atoms with van der Waals surface area (Å²) in [6.45, 7) is 3.55. The summed E-state index contributed by atoms with van der Waals surface area (Å²) in [4.78, 5) is 10.8. The molecule has 29 heavy (non-hydrogen) atoms. The molecule has 0 bridgehead atoms. The van der Waals surface area contributed by atoms with Crippen LogP contribution < -0.4 is 4.74 Å². The van der Waals surface area contributed by atoms with E-state index in [-0.39, 0.29) is 28.7 Å². The Hall–Kier alpha value is -3.00. The van der Waals surface area contributed by atoms with Crippen LogP contribution in [-0.2, 0) is 13.7 Å². The molecule has 0 unspecified atom stereocenters. The second-order valence-electron chi connectivity index (χ2n) is 6.58. The summed E-state index contributed by atoms with van der Waals surface area (Å²) in [6.07, 6.45) is -2.76. The van der Waals surface area contributed by atoms with Gasteiger partial charge in [-0.15, -0.1) is 0 Å². The second-order valence-corrected chi connectivity index (χ2v) is 6.93. The zero-order valence-corrected chi connectivity index (χ0v) is 16.7. The van der Waals surface area contributed by atoms with Gasteiger partial charge in [0.2, 0.25) is 0 Å². The summed E-state index contributed by atoms with van der Waals surface area (Å²) < 4.78 is 33.8. The van der Waals surface area contributed by atoms with Crippen LogP contribution in [0.2, 0.25) is 5.15 Å². The molecule has 0 aliphatic rings. The van der Waals surface area contributed by atoms with Crippen LogP contribution >= 0.6 is 11.6 Å². The minimum Gasteiger partial charge on any atom is -0.488 e. The van der Waals surface area contributed by atoms with Gasteiger partial charge in [-0.25, -0.2) is 8.78 Å². The molecule has 0 spiro atoms. The number of nitro groups is 1. The van der Waals surface area contributed by atoms with Gasteiger partial charge in [-0.3, -0.25) is 14.8 Å². The van der Waals surface area contributed by atoms with Gasteiger partial charge in [0, 0.05) is 18.7 Å². The maximum Gasteiger partial charge on any atom is 0.276 e. The van der Waals surface area contributed by atoms with Crippen LogP contribution in [0.4, 0.5) is 14.5 Å². The Bertz CT molecular complexity index is 1080. The number of nitrogens with zero attached hydrogens (tertiary/aromatic N) is 3. The van der Waals surface area contributed by atoms with E-state index in [0.29, 0.717) is 22.4 Å². The van der Waals surface area contributed by atoms with E-state index in [1.165, 1.54) is 17.8 Å². The Kier molecular flexibility index (Phi) is 5.83. The van der Waals surface area contributed by atoms with Crippen molar-refractivity contribution in [2.45, 2.75) is 26.9 Å². The molecule has 6 nitrogen and oxygen atoms in total. The van der Waals surface area contributed by atoms with E-state index < -0.39 is 11.3 Å². The lowest BCUT2D eigenvalue weighted by molar-refractivity contribution is -0.385. The maximum absolute atomic E-state index is 13.4. The Morgan fingerprint density at radius 2 is 1.97 bits per heavy atom. The van der Waals surface area contributed by atoms with E-state index in [1.54, 1.807) is 44.2 Å². The smallest absolute Gasteiger partial charge is 0.276 e. The molecule has 0 aliphatic heterocycles. The first-order chi connectivity index (χ1) is 13.7. The molecule has 0 atom stereocenters. The van der Waals surface area contributed by atoms with Gasteiger partial charge in [0.05, 0.1) is 16.1 Å². The molecule has 1 heterocycles.